The van der Waals surface area contributed by atoms with Crippen LogP contribution in [0.1, 0.15) is 16.7 Å². The first-order valence-electron chi connectivity index (χ1n) is 11.5. The van der Waals surface area contributed by atoms with Gasteiger partial charge in [-0.3, -0.25) is 14.8 Å². The van der Waals surface area contributed by atoms with Crippen LogP contribution < -0.4 is 0 Å². The van der Waals surface area contributed by atoms with E-state index >= 15 is 0 Å². The molecule has 1 aliphatic heterocycles. The Morgan fingerprint density at radius 1 is 0.947 bits per heavy atom. The van der Waals surface area contributed by atoms with Crippen LogP contribution in [0.25, 0.3) is 38.6 Å². The fraction of sp³-hybridized carbons (Fsp3) is 0.0645. The smallest absolute Gasteiger partial charge is 0.142 e. The van der Waals surface area contributed by atoms with Gasteiger partial charge in [0, 0.05) is 62.6 Å². The maximum absolute atomic E-state index is 9.22. The molecule has 3 aromatic carbocycles. The second-order valence-corrected chi connectivity index (χ2v) is 8.21. The van der Waals surface area contributed by atoms with E-state index in [2.05, 4.69) is 37.6 Å². The summed E-state index contributed by atoms with van der Waals surface area (Å²) in [4.78, 5) is 12.0. The van der Waals surface area contributed by atoms with Gasteiger partial charge in [-0.15, -0.1) is 53.1 Å². The molecule has 3 heterocycles. The van der Waals surface area contributed by atoms with Gasteiger partial charge in [-0.25, -0.2) is 10.5 Å². The molecule has 1 aliphatic rings. The summed E-state index contributed by atoms with van der Waals surface area (Å²) in [5.74, 6) is 1.06. The molecule has 0 unspecified atom stereocenters. The van der Waals surface area contributed by atoms with E-state index < -0.39 is 0 Å². The number of rotatable bonds is 2. The van der Waals surface area contributed by atoms with Crippen molar-refractivity contribution in [2.24, 2.45) is 0 Å². The van der Waals surface area contributed by atoms with Crippen molar-refractivity contribution in [2.75, 3.05) is 0 Å². The molecule has 0 bridgehead atoms. The van der Waals surface area contributed by atoms with E-state index in [1.165, 1.54) is 11.1 Å². The van der Waals surface area contributed by atoms with Crippen LogP contribution in [-0.2, 0) is 33.1 Å². The zero-order valence-corrected chi connectivity index (χ0v) is 22.4. The predicted molar refractivity (Wildman–Crippen MR) is 140 cm³/mol. The van der Waals surface area contributed by atoms with Crippen LogP contribution in [0, 0.1) is 41.4 Å². The molecular weight excluding hydrogens is 649 g/mol. The molecule has 0 saturated heterocycles. The summed E-state index contributed by atoms with van der Waals surface area (Å²) in [7, 11) is 0. The fourth-order valence-electron chi connectivity index (χ4n) is 4.23. The van der Waals surface area contributed by atoms with Crippen molar-refractivity contribution in [1.29, 1.82) is 10.5 Å². The van der Waals surface area contributed by atoms with E-state index in [0.29, 0.717) is 11.3 Å². The number of aryl methyl sites for hydroxylation is 2. The second kappa shape index (κ2) is 11.9. The molecule has 183 valence electrons. The molecule has 0 spiro atoms. The topological polar surface area (TPSA) is 82.7 Å². The summed E-state index contributed by atoms with van der Waals surface area (Å²) < 4.78 is 2.18. The molecule has 0 fully saturated rings. The number of nitriles is 2. The summed E-state index contributed by atoms with van der Waals surface area (Å²) in [6.07, 6.45) is 6.65. The van der Waals surface area contributed by atoms with Crippen LogP contribution >= 0.6 is 0 Å². The largest absolute Gasteiger partial charge is 0.371 e. The molecule has 0 amide bonds. The van der Waals surface area contributed by atoms with Gasteiger partial charge in [0.1, 0.15) is 5.69 Å². The average molecular weight is 667 g/mol. The number of hydrogen-bond donors (Lipinski definition) is 0. The molecule has 38 heavy (non-hydrogen) atoms. The summed E-state index contributed by atoms with van der Waals surface area (Å²) >= 11 is 0. The Hall–Kier alpha value is -4.86. The van der Waals surface area contributed by atoms with E-state index in [1.54, 1.807) is 12.3 Å². The van der Waals surface area contributed by atoms with E-state index in [-0.39, 0.29) is 36.9 Å². The molecule has 0 aliphatic carbocycles. The molecule has 6 rings (SSSR count). The van der Waals surface area contributed by atoms with Gasteiger partial charge < -0.3 is 4.57 Å². The Kier molecular flexibility index (Phi) is 8.22. The fourth-order valence-corrected chi connectivity index (χ4v) is 4.23. The van der Waals surface area contributed by atoms with Gasteiger partial charge in [0.25, 0.3) is 0 Å². The molecule has 6 nitrogen and oxygen atoms in total. The Morgan fingerprint density at radius 2 is 1.79 bits per heavy atom. The van der Waals surface area contributed by atoms with Crippen LogP contribution in [0.2, 0.25) is 0 Å². The number of pyridine rings is 1. The Balaban J connectivity index is 0.000000201. The van der Waals surface area contributed by atoms with Crippen molar-refractivity contribution in [3.05, 3.63) is 126 Å². The number of imidazole rings is 1. The van der Waals surface area contributed by atoms with Crippen molar-refractivity contribution < 1.29 is 20.1 Å². The average Bonchev–Trinajstić information content (AvgIpc) is 3.47. The molecule has 5 aromatic rings. The Labute approximate surface area is 234 Å². The first-order chi connectivity index (χ1) is 18.2. The number of hydrogen-bond acceptors (Lipinski definition) is 4. The number of nitrogens with zero attached hydrogens (tertiary/aromatic N) is 6. The zero-order valence-electron chi connectivity index (χ0n) is 20.0. The summed E-state index contributed by atoms with van der Waals surface area (Å²) in [5.41, 5.74) is 5.91. The SMILES string of the molecule is [C-]#[N+]c1cc(-c2cc(-c3ccccc3)ccn2)[c-]c(C#N)c1C#N.[Ir].[c-]1cccc2c1-c1nccn1CC2. The van der Waals surface area contributed by atoms with E-state index in [1.807, 2.05) is 79.1 Å². The first kappa shape index (κ1) is 26.2. The van der Waals surface area contributed by atoms with Gasteiger partial charge in [-0.2, -0.15) is 0 Å². The van der Waals surface area contributed by atoms with E-state index in [9.17, 15) is 5.26 Å². The third kappa shape index (κ3) is 5.29. The van der Waals surface area contributed by atoms with Crippen molar-refractivity contribution in [1.82, 2.24) is 14.5 Å². The van der Waals surface area contributed by atoms with Gasteiger partial charge in [-0.1, -0.05) is 36.4 Å². The van der Waals surface area contributed by atoms with Gasteiger partial charge in [0.15, 0.2) is 0 Å². The molecule has 7 heteroatoms. The third-order valence-corrected chi connectivity index (χ3v) is 6.04. The van der Waals surface area contributed by atoms with Crippen LogP contribution in [0.5, 0.6) is 0 Å². The van der Waals surface area contributed by atoms with Crippen molar-refractivity contribution in [3.63, 3.8) is 0 Å². The van der Waals surface area contributed by atoms with Crippen LogP contribution in [0.4, 0.5) is 5.69 Å². The third-order valence-electron chi connectivity index (χ3n) is 6.04. The molecule has 0 atom stereocenters. The van der Waals surface area contributed by atoms with Gasteiger partial charge in [0.2, 0.25) is 0 Å². The van der Waals surface area contributed by atoms with Gasteiger partial charge in [-0.05, 0) is 35.2 Å². The van der Waals surface area contributed by atoms with Crippen LogP contribution in [-0.4, -0.2) is 14.5 Å². The van der Waals surface area contributed by atoms with Crippen molar-refractivity contribution in [3.8, 4) is 45.9 Å². The summed E-state index contributed by atoms with van der Waals surface area (Å²) in [5, 5.41) is 18.4. The predicted octanol–water partition coefficient (Wildman–Crippen LogP) is 6.41. The van der Waals surface area contributed by atoms with E-state index in [0.717, 1.165) is 29.9 Å². The molecular formula is C31H18IrN6-2. The normalized spacial score (nSPS) is 10.7. The molecule has 0 N–H and O–H groups in total. The zero-order chi connectivity index (χ0) is 25.6. The monoisotopic (exact) mass is 667 g/mol. The van der Waals surface area contributed by atoms with Crippen LogP contribution in [0.3, 0.4) is 0 Å². The minimum absolute atomic E-state index is 0. The quantitative estimate of drug-likeness (QED) is 0.204. The Morgan fingerprint density at radius 3 is 2.55 bits per heavy atom. The molecule has 0 saturated carbocycles. The summed E-state index contributed by atoms with van der Waals surface area (Å²) in [6, 6.07) is 31.3. The minimum atomic E-state index is 0. The second-order valence-electron chi connectivity index (χ2n) is 8.21. The van der Waals surface area contributed by atoms with Crippen molar-refractivity contribution in [2.45, 2.75) is 13.0 Å². The molecule has 2 aromatic heterocycles. The minimum Gasteiger partial charge on any atom is -0.371 e. The maximum atomic E-state index is 9.22. The number of aromatic nitrogens is 3. The molecule has 1 radical (unpaired) electrons. The summed E-state index contributed by atoms with van der Waals surface area (Å²) in [6.45, 7) is 8.27. The maximum Gasteiger partial charge on any atom is 0.142 e. The first-order valence-corrected chi connectivity index (χ1v) is 11.5. The number of fused-ring (bicyclic) bond motifs is 3. The van der Waals surface area contributed by atoms with Crippen LogP contribution in [0.15, 0.2) is 85.3 Å². The number of benzene rings is 3. The van der Waals surface area contributed by atoms with Crippen molar-refractivity contribution >= 4 is 5.69 Å². The standard InChI is InChI=1S/C20H9N4.C11H9N2.Ir/c1-23-20-11-16(9-17(12-21)18(20)13-22)19-10-15(7-8-24-19)14-5-3-2-4-6-14;1-2-4-10-9(3-1)5-7-13-8-6-12-11(10)13;/h2-8,10-11H;1-3,6,8H,5,7H2;/q2*-1;. The van der Waals surface area contributed by atoms with Gasteiger partial charge >= 0.3 is 0 Å². The van der Waals surface area contributed by atoms with E-state index in [4.69, 9.17) is 11.8 Å². The Bertz CT molecular complexity index is 1680. The van der Waals surface area contributed by atoms with Gasteiger partial charge in [0.05, 0.1) is 12.4 Å².